The van der Waals surface area contributed by atoms with Crippen molar-refractivity contribution in [3.05, 3.63) is 176 Å². The van der Waals surface area contributed by atoms with Crippen molar-refractivity contribution in [1.82, 2.24) is 9.55 Å². The predicted molar refractivity (Wildman–Crippen MR) is 283 cm³/mol. The molecule has 70 heavy (non-hydrogen) atoms. The number of anilines is 2. The van der Waals surface area contributed by atoms with E-state index >= 15 is 0 Å². The van der Waals surface area contributed by atoms with Crippen LogP contribution in [0.15, 0.2) is 119 Å². The summed E-state index contributed by atoms with van der Waals surface area (Å²) in [7, 11) is 7.03. The summed E-state index contributed by atoms with van der Waals surface area (Å²) in [6, 6.07) is 29.4. The van der Waals surface area contributed by atoms with Gasteiger partial charge >= 0.3 is 11.9 Å². The molecule has 366 valence electrons. The van der Waals surface area contributed by atoms with Gasteiger partial charge in [0.05, 0.1) is 116 Å². The monoisotopic (exact) mass is 1110 g/mol. The first-order valence-corrected chi connectivity index (χ1v) is 22.3. The van der Waals surface area contributed by atoms with E-state index in [1.165, 1.54) is 58.3 Å². The summed E-state index contributed by atoms with van der Waals surface area (Å²) in [6.07, 6.45) is 0. The number of hydrogen-bond acceptors (Lipinski definition) is 15. The number of isothiocyanates is 1. The Morgan fingerprint density at radius 1 is 0.657 bits per heavy atom. The van der Waals surface area contributed by atoms with Crippen LogP contribution in [0.25, 0.3) is 16.6 Å². The highest BCUT2D eigenvalue weighted by Gasteiger charge is 2.17. The zero-order valence-corrected chi connectivity index (χ0v) is 43.2. The Labute approximate surface area is 440 Å². The number of nitrogens with one attached hydrogen (secondary N) is 1. The number of fused-ring (bicyclic) bond motifs is 1. The van der Waals surface area contributed by atoms with Crippen LogP contribution in [0.3, 0.4) is 0 Å². The molecule has 0 aliphatic rings. The van der Waals surface area contributed by atoms with Crippen LogP contribution in [-0.2, 0) is 9.47 Å². The minimum absolute atomic E-state index is 0.00389. The van der Waals surface area contributed by atoms with Crippen LogP contribution < -0.4 is 31.2 Å². The Morgan fingerprint density at radius 2 is 1.14 bits per heavy atom. The molecule has 0 fully saturated rings. The molecule has 0 saturated heterocycles. The first kappa shape index (κ1) is 57.9. The first-order valence-electron chi connectivity index (χ1n) is 19.2. The van der Waals surface area contributed by atoms with Gasteiger partial charge in [-0.15, -0.1) is 0 Å². The topological polar surface area (TPSA) is 226 Å². The van der Waals surface area contributed by atoms with Gasteiger partial charge in [0, 0.05) is 17.8 Å². The number of nitrogen functional groups attached to an aromatic ring is 2. The summed E-state index contributed by atoms with van der Waals surface area (Å²) >= 11 is 44.7. The number of benzene rings is 6. The number of rotatable bonds is 8. The number of methoxy groups -OCH3 is 5. The molecule has 1 aromatic heterocycles. The number of nitro groups is 1. The number of carbonyl (C=O) groups excluding carboxylic acids is 2. The highest BCUT2D eigenvalue weighted by atomic mass is 35.5. The maximum atomic E-state index is 12.7. The summed E-state index contributed by atoms with van der Waals surface area (Å²) in [5.74, 6) is 0.356. The first-order chi connectivity index (χ1) is 33.3. The number of halogens is 6. The molecule has 7 aromatic rings. The summed E-state index contributed by atoms with van der Waals surface area (Å²) in [6.45, 7) is 0. The summed E-state index contributed by atoms with van der Waals surface area (Å²) < 4.78 is 25.5. The third kappa shape index (κ3) is 15.8. The van der Waals surface area contributed by atoms with Crippen LogP contribution in [0.2, 0.25) is 30.1 Å². The van der Waals surface area contributed by atoms with Crippen LogP contribution in [-0.4, -0.2) is 67.1 Å². The standard InChI is InChI=1S/C15H10Cl2N2O2S.C9H7NO2S.C8H9NO2.C7H5Cl2NO3.C7H7Cl2NO/c1-21-13-7-12(9(16)6-10(13)17)19-14(20)8-4-2-3-5-11(8)18-15(19)22;1-12-9(11)7-4-2-3-5-8(7)10-6-13;1-11-8(10)6-4-2-3-5-7(6)9;1-13-7-3-6(10(11)12)4(8)2-5(7)9;1-11-7-3-6(10)4(8)2-5(7)9/h2-7H,1H3,(H,18,22);2-5H,1H3;2-5H,9H2,1H3;2-3H,1H3;2-3H,10H2,1H3. The number of aromatic amines is 1. The molecule has 0 aliphatic heterocycles. The molecule has 0 amide bonds. The average molecular weight is 1110 g/mol. The van der Waals surface area contributed by atoms with Gasteiger partial charge in [0.1, 0.15) is 22.3 Å². The zero-order chi connectivity index (χ0) is 52.2. The normalized spacial score (nSPS) is 9.81. The van der Waals surface area contributed by atoms with Crippen LogP contribution >= 0.6 is 94.0 Å². The molecule has 0 spiro atoms. The lowest BCUT2D eigenvalue weighted by Gasteiger charge is -2.12. The Morgan fingerprint density at radius 3 is 1.70 bits per heavy atom. The SMILES string of the molecule is COC(=O)c1ccccc1N.COC(=O)c1ccccc1N=C=S.COc1cc(-n2c(=S)[nH]c3ccccc3c2=O)c(Cl)cc1Cl.COc1cc(N)c(Cl)cc1Cl.COc1cc([N+](=O)[O-])c(Cl)cc1Cl. The number of aromatic nitrogens is 2. The lowest BCUT2D eigenvalue weighted by Crippen LogP contribution is -2.20. The van der Waals surface area contributed by atoms with Crippen molar-refractivity contribution in [2.45, 2.75) is 0 Å². The number of aliphatic imine (C=N–C) groups is 1. The van der Waals surface area contributed by atoms with Crippen LogP contribution in [0.1, 0.15) is 20.7 Å². The van der Waals surface area contributed by atoms with Crippen molar-refractivity contribution >= 4 is 145 Å². The van der Waals surface area contributed by atoms with E-state index in [0.29, 0.717) is 76.4 Å². The smallest absolute Gasteiger partial charge is 0.340 e. The molecule has 0 unspecified atom stereocenters. The van der Waals surface area contributed by atoms with Crippen molar-refractivity contribution in [2.24, 2.45) is 4.99 Å². The Kier molecular flexibility index (Phi) is 23.4. The lowest BCUT2D eigenvalue weighted by molar-refractivity contribution is -0.384. The molecule has 5 N–H and O–H groups in total. The molecule has 1 heterocycles. The van der Waals surface area contributed by atoms with Crippen molar-refractivity contribution in [2.75, 3.05) is 47.0 Å². The van der Waals surface area contributed by atoms with E-state index in [-0.39, 0.29) is 31.8 Å². The number of hydrogen-bond donors (Lipinski definition) is 3. The van der Waals surface area contributed by atoms with Gasteiger partial charge in [-0.1, -0.05) is 106 Å². The Hall–Kier alpha value is -6.44. The molecule has 0 radical (unpaired) electrons. The van der Waals surface area contributed by atoms with E-state index in [2.05, 4.69) is 36.8 Å². The number of H-pyrrole nitrogens is 1. The fourth-order valence-electron chi connectivity index (χ4n) is 5.44. The second-order valence-corrected chi connectivity index (χ2v) is 16.1. The van der Waals surface area contributed by atoms with Gasteiger partial charge in [-0.2, -0.15) is 4.99 Å². The van der Waals surface area contributed by atoms with Gasteiger partial charge in [0.2, 0.25) is 0 Å². The average Bonchev–Trinajstić information content (AvgIpc) is 3.34. The second kappa shape index (κ2) is 28.3. The van der Waals surface area contributed by atoms with Crippen LogP contribution in [0.4, 0.5) is 22.7 Å². The van der Waals surface area contributed by atoms with E-state index in [0.717, 1.165) is 0 Å². The fourth-order valence-corrected chi connectivity index (χ4v) is 7.36. The molecule has 0 aliphatic carbocycles. The van der Waals surface area contributed by atoms with E-state index in [9.17, 15) is 24.5 Å². The predicted octanol–water partition coefficient (Wildman–Crippen LogP) is 13.1. The van der Waals surface area contributed by atoms with Crippen molar-refractivity contribution in [1.29, 1.82) is 0 Å². The van der Waals surface area contributed by atoms with Crippen molar-refractivity contribution in [3.8, 4) is 22.9 Å². The minimum atomic E-state index is -0.596. The Balaban J connectivity index is 0.000000239. The van der Waals surface area contributed by atoms with Crippen LogP contribution in [0.5, 0.6) is 17.2 Å². The third-order valence-corrected chi connectivity index (χ3v) is 11.0. The highest BCUT2D eigenvalue weighted by Crippen LogP contribution is 2.36. The molecular formula is C46H38Cl6N6O10S2. The summed E-state index contributed by atoms with van der Waals surface area (Å²) in [4.78, 5) is 51.4. The zero-order valence-electron chi connectivity index (χ0n) is 37.1. The molecule has 16 nitrogen and oxygen atoms in total. The van der Waals surface area contributed by atoms with E-state index in [4.69, 9.17) is 108 Å². The second-order valence-electron chi connectivity index (χ2n) is 13.0. The van der Waals surface area contributed by atoms with Crippen molar-refractivity contribution < 1.29 is 38.2 Å². The van der Waals surface area contributed by atoms with E-state index in [1.807, 2.05) is 6.07 Å². The highest BCUT2D eigenvalue weighted by molar-refractivity contribution is 7.78. The number of carbonyl (C=O) groups is 2. The number of nitrogens with zero attached hydrogens (tertiary/aromatic N) is 3. The van der Waals surface area contributed by atoms with Gasteiger partial charge in [0.15, 0.2) is 4.77 Å². The molecule has 7 rings (SSSR count). The van der Waals surface area contributed by atoms with Gasteiger partial charge in [-0.3, -0.25) is 19.5 Å². The minimum Gasteiger partial charge on any atom is -0.495 e. The molecule has 24 heteroatoms. The summed E-state index contributed by atoms with van der Waals surface area (Å²) in [5, 5.41) is 15.0. The molecule has 0 atom stereocenters. The number of nitrogens with two attached hydrogens (primary N) is 2. The maximum Gasteiger partial charge on any atom is 0.340 e. The van der Waals surface area contributed by atoms with Crippen molar-refractivity contribution in [3.63, 3.8) is 0 Å². The van der Waals surface area contributed by atoms with Gasteiger partial charge in [-0.25, -0.2) is 9.59 Å². The number of esters is 2. The third-order valence-electron chi connectivity index (χ3n) is 8.80. The largest absolute Gasteiger partial charge is 0.495 e. The number of nitro benzene ring substituents is 1. The van der Waals surface area contributed by atoms with Gasteiger partial charge < -0.3 is 40.1 Å². The molecular weight excluding hydrogens is 1070 g/mol. The van der Waals surface area contributed by atoms with Crippen LogP contribution in [0, 0.1) is 14.9 Å². The quantitative estimate of drug-likeness (QED) is 0.0321. The van der Waals surface area contributed by atoms with Gasteiger partial charge in [0.25, 0.3) is 11.2 Å². The van der Waals surface area contributed by atoms with E-state index < -0.39 is 16.9 Å². The molecule has 6 aromatic carbocycles. The number of thiocarbonyl (C=S) groups is 1. The fraction of sp³-hybridized carbons (Fsp3) is 0.109. The number of ether oxygens (including phenoxy) is 5. The molecule has 0 bridgehead atoms. The molecule has 0 saturated carbocycles. The maximum absolute atomic E-state index is 12.7. The summed E-state index contributed by atoms with van der Waals surface area (Å²) in [5.41, 5.74) is 13.8. The Bertz CT molecular complexity index is 3190. The number of para-hydroxylation sites is 3. The van der Waals surface area contributed by atoms with Gasteiger partial charge in [-0.05, 0) is 79.0 Å². The van der Waals surface area contributed by atoms with E-state index in [1.54, 1.807) is 84.9 Å². The lowest BCUT2D eigenvalue weighted by atomic mass is 10.2.